The van der Waals surface area contributed by atoms with E-state index in [-0.39, 0.29) is 35.1 Å². The third-order valence-corrected chi connectivity index (χ3v) is 11.4. The molecule has 0 saturated carbocycles. The zero-order chi connectivity index (χ0) is 39.2. The average molecular weight is 689 g/mol. The Kier molecular flexibility index (Phi) is 5.89. The summed E-state index contributed by atoms with van der Waals surface area (Å²) in [4.78, 5) is 15.2. The van der Waals surface area contributed by atoms with Gasteiger partial charge in [-0.1, -0.05) is 153 Å². The van der Waals surface area contributed by atoms with E-state index in [4.69, 9.17) is 21.8 Å². The molecule has 0 amide bonds. The number of benzene rings is 7. The molecule has 10 rings (SSSR count). The molecule has 0 aliphatic heterocycles. The van der Waals surface area contributed by atoms with Crippen molar-refractivity contribution < 1.29 is 6.85 Å². The van der Waals surface area contributed by atoms with Crippen LogP contribution in [0.2, 0.25) is 0 Å². The van der Waals surface area contributed by atoms with Gasteiger partial charge in [0, 0.05) is 47.8 Å². The van der Waals surface area contributed by atoms with E-state index in [1.165, 1.54) is 33.6 Å². The van der Waals surface area contributed by atoms with Gasteiger partial charge in [0.15, 0.2) is 17.5 Å². The molecule has 0 spiro atoms. The first-order valence-corrected chi connectivity index (χ1v) is 18.1. The van der Waals surface area contributed by atoms with Crippen LogP contribution < -0.4 is 0 Å². The molecule has 7 aromatic carbocycles. The normalized spacial score (nSPS) is 14.3. The lowest BCUT2D eigenvalue weighted by Gasteiger charge is -2.21. The molecule has 2 aromatic heterocycles. The van der Waals surface area contributed by atoms with Crippen molar-refractivity contribution in [3.63, 3.8) is 0 Å². The van der Waals surface area contributed by atoms with Crippen LogP contribution in [-0.2, 0) is 5.41 Å². The molecule has 52 heavy (non-hydrogen) atoms. The van der Waals surface area contributed by atoms with Crippen molar-refractivity contribution in [2.45, 2.75) is 19.3 Å². The van der Waals surface area contributed by atoms with Gasteiger partial charge >= 0.3 is 0 Å². The molecule has 0 unspecified atom stereocenters. The van der Waals surface area contributed by atoms with Crippen molar-refractivity contribution in [3.8, 4) is 67.5 Å². The van der Waals surface area contributed by atoms with Crippen LogP contribution >= 0.6 is 11.3 Å². The topological polar surface area (TPSA) is 38.7 Å². The first-order chi connectivity index (χ1) is 27.6. The summed E-state index contributed by atoms with van der Waals surface area (Å²) in [5.41, 5.74) is 10.1. The van der Waals surface area contributed by atoms with Gasteiger partial charge < -0.3 is 0 Å². The first-order valence-electron chi connectivity index (χ1n) is 19.8. The highest BCUT2D eigenvalue weighted by molar-refractivity contribution is 7.26. The van der Waals surface area contributed by atoms with Gasteiger partial charge in [-0.25, -0.2) is 15.0 Å². The standard InChI is InChI=1S/C48H33N3S/c1-48(2)41-21-13-12-20-36(41)39-26-33(23-25-42(39)48)46-49-45(32-18-10-5-11-19-32)50-47(51-46)34-22-24-37-40-28-35(30-14-6-3-7-15-30)27-38(31-16-8-4-9-17-31)44(40)52-43(37)29-34/h3-29H,1-2H3/i4D,8D,9D,16D,17D. The molecular formula is C48H33N3S. The maximum Gasteiger partial charge on any atom is 0.164 e. The Labute approximate surface area is 314 Å². The summed E-state index contributed by atoms with van der Waals surface area (Å²) >= 11 is 1.53. The highest BCUT2D eigenvalue weighted by Crippen LogP contribution is 2.49. The highest BCUT2D eigenvalue weighted by atomic mass is 32.1. The molecule has 0 bridgehead atoms. The summed E-state index contributed by atoms with van der Waals surface area (Å²) in [6.45, 7) is 4.54. The van der Waals surface area contributed by atoms with Gasteiger partial charge in [-0.2, -0.15) is 0 Å². The molecule has 9 aromatic rings. The van der Waals surface area contributed by atoms with E-state index in [0.29, 0.717) is 23.0 Å². The van der Waals surface area contributed by atoms with E-state index < -0.39 is 6.04 Å². The Bertz CT molecular complexity index is 3080. The number of hydrogen-bond acceptors (Lipinski definition) is 4. The molecule has 0 radical (unpaired) electrons. The number of aromatic nitrogens is 3. The molecule has 1 aliphatic carbocycles. The van der Waals surface area contributed by atoms with Gasteiger partial charge in [-0.05, 0) is 63.2 Å². The lowest BCUT2D eigenvalue weighted by molar-refractivity contribution is 0.660. The summed E-state index contributed by atoms with van der Waals surface area (Å²) in [6, 6.07) is 43.7. The maximum absolute atomic E-state index is 8.89. The molecule has 3 nitrogen and oxygen atoms in total. The Morgan fingerprint density at radius 2 is 1.06 bits per heavy atom. The molecule has 246 valence electrons. The Hall–Kier alpha value is -6.23. The minimum absolute atomic E-state index is 0.117. The van der Waals surface area contributed by atoms with Crippen molar-refractivity contribution in [1.29, 1.82) is 0 Å². The molecule has 0 saturated heterocycles. The number of nitrogens with zero attached hydrogens (tertiary/aromatic N) is 3. The van der Waals surface area contributed by atoms with Crippen molar-refractivity contribution >= 4 is 31.5 Å². The Balaban J connectivity index is 1.17. The van der Waals surface area contributed by atoms with Crippen LogP contribution in [0.25, 0.3) is 87.7 Å². The van der Waals surface area contributed by atoms with Crippen LogP contribution in [0.3, 0.4) is 0 Å². The molecular weight excluding hydrogens is 651 g/mol. The van der Waals surface area contributed by atoms with Crippen LogP contribution in [-0.4, -0.2) is 15.0 Å². The third kappa shape index (κ3) is 4.98. The number of rotatable bonds is 5. The molecule has 0 fully saturated rings. The number of thiophene rings is 1. The summed E-state index contributed by atoms with van der Waals surface area (Å²) in [5.74, 6) is 1.69. The minimum atomic E-state index is -0.412. The smallest absolute Gasteiger partial charge is 0.164 e. The van der Waals surface area contributed by atoms with Crippen molar-refractivity contribution in [2.75, 3.05) is 0 Å². The minimum Gasteiger partial charge on any atom is -0.208 e. The summed E-state index contributed by atoms with van der Waals surface area (Å²) in [7, 11) is 0. The van der Waals surface area contributed by atoms with E-state index in [1.54, 1.807) is 0 Å². The molecule has 0 N–H and O–H groups in total. The second-order valence-corrected chi connectivity index (χ2v) is 14.7. The van der Waals surface area contributed by atoms with E-state index in [2.05, 4.69) is 74.5 Å². The van der Waals surface area contributed by atoms with Crippen LogP contribution in [0.5, 0.6) is 0 Å². The van der Waals surface area contributed by atoms with Gasteiger partial charge in [-0.15, -0.1) is 11.3 Å². The summed E-state index contributed by atoms with van der Waals surface area (Å²) in [5, 5.41) is 1.93. The largest absolute Gasteiger partial charge is 0.208 e. The lowest BCUT2D eigenvalue weighted by Crippen LogP contribution is -2.14. The average Bonchev–Trinajstić information content (AvgIpc) is 3.73. The predicted molar refractivity (Wildman–Crippen MR) is 217 cm³/mol. The monoisotopic (exact) mass is 688 g/mol. The fraction of sp³-hybridized carbons (Fsp3) is 0.0625. The van der Waals surface area contributed by atoms with Crippen LogP contribution in [0.4, 0.5) is 0 Å². The second-order valence-electron chi connectivity index (χ2n) is 13.7. The summed E-state index contributed by atoms with van der Waals surface area (Å²) in [6.07, 6.45) is 0. The lowest BCUT2D eigenvalue weighted by atomic mass is 9.82. The zero-order valence-corrected chi connectivity index (χ0v) is 29.3. The van der Waals surface area contributed by atoms with E-state index in [0.717, 1.165) is 48.0 Å². The molecule has 0 atom stereocenters. The summed E-state index contributed by atoms with van der Waals surface area (Å²) < 4.78 is 44.7. The van der Waals surface area contributed by atoms with Gasteiger partial charge in [0.25, 0.3) is 0 Å². The fourth-order valence-corrected chi connectivity index (χ4v) is 8.84. The number of hydrogen-bond donors (Lipinski definition) is 0. The second kappa shape index (κ2) is 11.9. The number of fused-ring (bicyclic) bond motifs is 6. The van der Waals surface area contributed by atoms with Crippen molar-refractivity contribution in [1.82, 2.24) is 15.0 Å². The SMILES string of the molecule is [2H]c1c([2H])c([2H])c(-c2cc(-c3ccccc3)cc3c2sc2cc(-c4nc(-c5ccccc5)nc(-c5ccc6c(c5)-c5ccccc5C6(C)C)n4)ccc23)c([2H])c1[2H]. The van der Waals surface area contributed by atoms with Crippen LogP contribution in [0.1, 0.15) is 31.8 Å². The van der Waals surface area contributed by atoms with Gasteiger partial charge in [-0.3, -0.25) is 0 Å². The fourth-order valence-electron chi connectivity index (χ4n) is 7.59. The molecule has 4 heteroatoms. The van der Waals surface area contributed by atoms with E-state index >= 15 is 0 Å². The zero-order valence-electron chi connectivity index (χ0n) is 33.5. The van der Waals surface area contributed by atoms with Gasteiger partial charge in [0.05, 0.1) is 6.85 Å². The van der Waals surface area contributed by atoms with Crippen LogP contribution in [0.15, 0.2) is 164 Å². The van der Waals surface area contributed by atoms with Gasteiger partial charge in [0.1, 0.15) is 0 Å². The quantitative estimate of drug-likeness (QED) is 0.181. The predicted octanol–water partition coefficient (Wildman–Crippen LogP) is 12.9. The maximum atomic E-state index is 8.89. The van der Waals surface area contributed by atoms with E-state index in [1.807, 2.05) is 72.8 Å². The highest BCUT2D eigenvalue weighted by Gasteiger charge is 2.35. The first kappa shape index (κ1) is 25.7. The van der Waals surface area contributed by atoms with E-state index in [9.17, 15) is 0 Å². The van der Waals surface area contributed by atoms with Crippen molar-refractivity contribution in [2.24, 2.45) is 0 Å². The molecule has 2 heterocycles. The van der Waals surface area contributed by atoms with Crippen molar-refractivity contribution in [3.05, 3.63) is 175 Å². The molecule has 1 aliphatic rings. The van der Waals surface area contributed by atoms with Gasteiger partial charge in [0.2, 0.25) is 0 Å². The Morgan fingerprint density at radius 3 is 1.81 bits per heavy atom. The Morgan fingerprint density at radius 1 is 0.462 bits per heavy atom. The third-order valence-electron chi connectivity index (χ3n) is 10.2. The van der Waals surface area contributed by atoms with Crippen LogP contribution in [0, 0.1) is 0 Å².